The highest BCUT2D eigenvalue weighted by atomic mass is 79.9. The number of ether oxygens (including phenoxy) is 2. The Morgan fingerprint density at radius 1 is 1.24 bits per heavy atom. The molecule has 1 unspecified atom stereocenters. The van der Waals surface area contributed by atoms with Crippen LogP contribution in [0.1, 0.15) is 45.3 Å². The van der Waals surface area contributed by atoms with E-state index in [1.165, 1.54) is 18.4 Å². The summed E-state index contributed by atoms with van der Waals surface area (Å²) < 4.78 is 12.9. The highest BCUT2D eigenvalue weighted by Gasteiger charge is 2.23. The second-order valence-corrected chi connectivity index (χ2v) is 7.38. The van der Waals surface area contributed by atoms with Crippen molar-refractivity contribution in [2.24, 2.45) is 0 Å². The SMILES string of the molecule is CC(C)(C)OCCOC(CNC1CC1)c1ccccc1Br. The van der Waals surface area contributed by atoms with Gasteiger partial charge in [-0.3, -0.25) is 0 Å². The number of nitrogens with one attached hydrogen (secondary N) is 1. The van der Waals surface area contributed by atoms with E-state index >= 15 is 0 Å². The summed E-state index contributed by atoms with van der Waals surface area (Å²) in [7, 11) is 0. The van der Waals surface area contributed by atoms with E-state index in [2.05, 4.69) is 60.2 Å². The Hall–Kier alpha value is -0.420. The van der Waals surface area contributed by atoms with E-state index in [-0.39, 0.29) is 11.7 Å². The van der Waals surface area contributed by atoms with Gasteiger partial charge in [-0.2, -0.15) is 0 Å². The molecule has 0 amide bonds. The first kappa shape index (κ1) is 16.9. The molecule has 1 aromatic carbocycles. The van der Waals surface area contributed by atoms with Gasteiger partial charge in [0.15, 0.2) is 0 Å². The van der Waals surface area contributed by atoms with Gasteiger partial charge < -0.3 is 14.8 Å². The first-order valence-corrected chi connectivity index (χ1v) is 8.48. The molecule has 1 aliphatic rings. The molecular weight excluding hydrogens is 330 g/mol. The minimum Gasteiger partial charge on any atom is -0.373 e. The number of benzene rings is 1. The largest absolute Gasteiger partial charge is 0.373 e. The van der Waals surface area contributed by atoms with E-state index in [4.69, 9.17) is 9.47 Å². The maximum atomic E-state index is 6.07. The molecule has 2 rings (SSSR count). The van der Waals surface area contributed by atoms with Gasteiger partial charge in [-0.25, -0.2) is 0 Å². The van der Waals surface area contributed by atoms with Gasteiger partial charge in [0.2, 0.25) is 0 Å². The minimum atomic E-state index is -0.113. The van der Waals surface area contributed by atoms with Crippen molar-refractivity contribution in [3.63, 3.8) is 0 Å². The third-order valence-electron chi connectivity index (χ3n) is 3.36. The summed E-state index contributed by atoms with van der Waals surface area (Å²) in [6.07, 6.45) is 2.63. The van der Waals surface area contributed by atoms with Crippen LogP contribution >= 0.6 is 15.9 Å². The maximum absolute atomic E-state index is 6.07. The Morgan fingerprint density at radius 3 is 2.57 bits per heavy atom. The van der Waals surface area contributed by atoms with Crippen LogP contribution in [0.15, 0.2) is 28.7 Å². The summed E-state index contributed by atoms with van der Waals surface area (Å²) in [5, 5.41) is 3.55. The smallest absolute Gasteiger partial charge is 0.0961 e. The molecule has 1 atom stereocenters. The Bertz CT molecular complexity index is 441. The molecule has 21 heavy (non-hydrogen) atoms. The van der Waals surface area contributed by atoms with Crippen molar-refractivity contribution in [1.82, 2.24) is 5.32 Å². The molecule has 0 spiro atoms. The second kappa shape index (κ2) is 7.73. The van der Waals surface area contributed by atoms with E-state index in [9.17, 15) is 0 Å². The molecule has 1 fully saturated rings. The lowest BCUT2D eigenvalue weighted by Crippen LogP contribution is -2.27. The zero-order valence-corrected chi connectivity index (χ0v) is 14.8. The van der Waals surface area contributed by atoms with Gasteiger partial charge in [0, 0.05) is 17.1 Å². The lowest BCUT2D eigenvalue weighted by atomic mass is 10.1. The average Bonchev–Trinajstić information content (AvgIpc) is 3.22. The highest BCUT2D eigenvalue weighted by Crippen LogP contribution is 2.27. The lowest BCUT2D eigenvalue weighted by Gasteiger charge is -2.23. The van der Waals surface area contributed by atoms with Crippen molar-refractivity contribution in [3.05, 3.63) is 34.3 Å². The van der Waals surface area contributed by atoms with Crippen molar-refractivity contribution < 1.29 is 9.47 Å². The van der Waals surface area contributed by atoms with Gasteiger partial charge in [0.25, 0.3) is 0 Å². The predicted molar refractivity (Wildman–Crippen MR) is 89.6 cm³/mol. The maximum Gasteiger partial charge on any atom is 0.0961 e. The Morgan fingerprint density at radius 2 is 1.95 bits per heavy atom. The van der Waals surface area contributed by atoms with Crippen LogP contribution in [0.3, 0.4) is 0 Å². The second-order valence-electron chi connectivity index (χ2n) is 6.52. The van der Waals surface area contributed by atoms with Crippen LogP contribution in [-0.2, 0) is 9.47 Å². The van der Waals surface area contributed by atoms with Crippen LogP contribution in [0, 0.1) is 0 Å². The quantitative estimate of drug-likeness (QED) is 0.712. The first-order valence-electron chi connectivity index (χ1n) is 7.69. The lowest BCUT2D eigenvalue weighted by molar-refractivity contribution is -0.0520. The fourth-order valence-corrected chi connectivity index (χ4v) is 2.63. The van der Waals surface area contributed by atoms with Gasteiger partial charge in [0.1, 0.15) is 0 Å². The van der Waals surface area contributed by atoms with Gasteiger partial charge in [-0.05, 0) is 45.2 Å². The van der Waals surface area contributed by atoms with Crippen LogP contribution in [0.25, 0.3) is 0 Å². The van der Waals surface area contributed by atoms with Crippen LogP contribution in [0.4, 0.5) is 0 Å². The van der Waals surface area contributed by atoms with Crippen molar-refractivity contribution in [1.29, 1.82) is 0 Å². The summed E-state index contributed by atoms with van der Waals surface area (Å²) in [6.45, 7) is 8.26. The molecule has 1 saturated carbocycles. The molecule has 3 nitrogen and oxygen atoms in total. The van der Waals surface area contributed by atoms with Gasteiger partial charge >= 0.3 is 0 Å². The first-order chi connectivity index (χ1) is 9.96. The van der Waals surface area contributed by atoms with Crippen molar-refractivity contribution in [3.8, 4) is 0 Å². The fourth-order valence-electron chi connectivity index (χ4n) is 2.09. The van der Waals surface area contributed by atoms with Gasteiger partial charge in [-0.15, -0.1) is 0 Å². The summed E-state index contributed by atoms with van der Waals surface area (Å²) in [5.41, 5.74) is 1.08. The summed E-state index contributed by atoms with van der Waals surface area (Å²) in [5.74, 6) is 0. The molecule has 4 heteroatoms. The minimum absolute atomic E-state index is 0.0599. The van der Waals surface area contributed by atoms with Gasteiger partial charge in [0.05, 0.1) is 24.9 Å². The van der Waals surface area contributed by atoms with Crippen molar-refractivity contribution >= 4 is 15.9 Å². The highest BCUT2D eigenvalue weighted by molar-refractivity contribution is 9.10. The molecule has 118 valence electrons. The van der Waals surface area contributed by atoms with Crippen LogP contribution in [0.2, 0.25) is 0 Å². The third kappa shape index (κ3) is 6.47. The zero-order chi connectivity index (χ0) is 15.3. The monoisotopic (exact) mass is 355 g/mol. The molecule has 0 saturated heterocycles. The topological polar surface area (TPSA) is 30.5 Å². The van der Waals surface area contributed by atoms with E-state index in [1.807, 2.05) is 6.07 Å². The molecule has 1 aromatic rings. The van der Waals surface area contributed by atoms with E-state index in [1.54, 1.807) is 0 Å². The molecule has 1 aliphatic carbocycles. The Labute approximate surface area is 136 Å². The fraction of sp³-hybridized carbons (Fsp3) is 0.647. The van der Waals surface area contributed by atoms with Crippen LogP contribution in [-0.4, -0.2) is 31.4 Å². The molecule has 0 aromatic heterocycles. The van der Waals surface area contributed by atoms with E-state index < -0.39 is 0 Å². The standard InChI is InChI=1S/C17H26BrNO2/c1-17(2,3)21-11-10-20-16(12-19-13-8-9-13)14-6-4-5-7-15(14)18/h4-7,13,16,19H,8-12H2,1-3H3. The van der Waals surface area contributed by atoms with E-state index in [0.29, 0.717) is 19.3 Å². The van der Waals surface area contributed by atoms with Crippen molar-refractivity contribution in [2.75, 3.05) is 19.8 Å². The number of hydrogen-bond donors (Lipinski definition) is 1. The summed E-state index contributed by atoms with van der Waals surface area (Å²) in [6, 6.07) is 8.95. The third-order valence-corrected chi connectivity index (χ3v) is 4.08. The van der Waals surface area contributed by atoms with Crippen LogP contribution in [0.5, 0.6) is 0 Å². The number of hydrogen-bond acceptors (Lipinski definition) is 3. The molecule has 0 aliphatic heterocycles. The zero-order valence-electron chi connectivity index (χ0n) is 13.2. The summed E-state index contributed by atoms with van der Waals surface area (Å²) >= 11 is 3.62. The molecule has 0 radical (unpaired) electrons. The predicted octanol–water partition coefficient (Wildman–Crippen LogP) is 4.07. The molecular formula is C17H26BrNO2. The van der Waals surface area contributed by atoms with Crippen LogP contribution < -0.4 is 5.32 Å². The average molecular weight is 356 g/mol. The molecule has 1 N–H and O–H groups in total. The Balaban J connectivity index is 1.87. The van der Waals surface area contributed by atoms with Gasteiger partial charge in [-0.1, -0.05) is 34.1 Å². The van der Waals surface area contributed by atoms with Crippen molar-refractivity contribution in [2.45, 2.75) is 51.4 Å². The normalized spacial score (nSPS) is 17.0. The Kier molecular flexibility index (Phi) is 6.23. The molecule has 0 heterocycles. The van der Waals surface area contributed by atoms with E-state index in [0.717, 1.165) is 11.0 Å². The number of halogens is 1. The molecule has 0 bridgehead atoms. The summed E-state index contributed by atoms with van der Waals surface area (Å²) in [4.78, 5) is 0. The number of rotatable bonds is 8.